The Labute approximate surface area is 124 Å². The Morgan fingerprint density at radius 3 is 2.62 bits per heavy atom. The van der Waals surface area contributed by atoms with Gasteiger partial charge >= 0.3 is 0 Å². The van der Waals surface area contributed by atoms with Crippen molar-refractivity contribution in [1.82, 2.24) is 9.97 Å². The van der Waals surface area contributed by atoms with Gasteiger partial charge in [-0.3, -0.25) is 0 Å². The SMILES string of the molecule is CCCNc1nc(C)c(C)nc1-c1cc2ccccc2o1. The summed E-state index contributed by atoms with van der Waals surface area (Å²) in [4.78, 5) is 9.30. The van der Waals surface area contributed by atoms with Gasteiger partial charge in [-0.15, -0.1) is 0 Å². The Kier molecular flexibility index (Phi) is 3.60. The van der Waals surface area contributed by atoms with Crippen molar-refractivity contribution in [2.75, 3.05) is 11.9 Å². The average molecular weight is 281 g/mol. The van der Waals surface area contributed by atoms with Crippen molar-refractivity contribution >= 4 is 16.8 Å². The van der Waals surface area contributed by atoms with Crippen LogP contribution in [0.2, 0.25) is 0 Å². The molecule has 0 saturated heterocycles. The van der Waals surface area contributed by atoms with E-state index in [0.717, 1.165) is 52.6 Å². The van der Waals surface area contributed by atoms with Crippen molar-refractivity contribution < 1.29 is 4.42 Å². The van der Waals surface area contributed by atoms with Crippen LogP contribution in [0.1, 0.15) is 24.7 Å². The molecule has 4 nitrogen and oxygen atoms in total. The highest BCUT2D eigenvalue weighted by Gasteiger charge is 2.15. The highest BCUT2D eigenvalue weighted by atomic mass is 16.3. The first-order valence-electron chi connectivity index (χ1n) is 7.27. The standard InChI is InChI=1S/C17H19N3O/c1-4-9-18-17-16(19-11(2)12(3)20-17)15-10-13-7-5-6-8-14(13)21-15/h5-8,10H,4,9H2,1-3H3,(H,18,20). The third-order valence-corrected chi connectivity index (χ3v) is 3.51. The van der Waals surface area contributed by atoms with Gasteiger partial charge in [-0.1, -0.05) is 25.1 Å². The Morgan fingerprint density at radius 2 is 1.86 bits per heavy atom. The molecule has 0 atom stereocenters. The number of fused-ring (bicyclic) bond motifs is 1. The van der Waals surface area contributed by atoms with E-state index in [9.17, 15) is 0 Å². The molecule has 0 bridgehead atoms. The van der Waals surface area contributed by atoms with Crippen molar-refractivity contribution in [3.05, 3.63) is 41.7 Å². The van der Waals surface area contributed by atoms with E-state index >= 15 is 0 Å². The molecule has 0 aliphatic carbocycles. The maximum Gasteiger partial charge on any atom is 0.157 e. The normalized spacial score (nSPS) is 11.0. The third-order valence-electron chi connectivity index (χ3n) is 3.51. The lowest BCUT2D eigenvalue weighted by Gasteiger charge is -2.10. The first kappa shape index (κ1) is 13.6. The van der Waals surface area contributed by atoms with Crippen molar-refractivity contribution in [2.45, 2.75) is 27.2 Å². The smallest absolute Gasteiger partial charge is 0.157 e. The van der Waals surface area contributed by atoms with E-state index in [-0.39, 0.29) is 0 Å². The van der Waals surface area contributed by atoms with E-state index in [0.29, 0.717) is 0 Å². The summed E-state index contributed by atoms with van der Waals surface area (Å²) in [6, 6.07) is 10.00. The molecule has 0 aliphatic heterocycles. The minimum Gasteiger partial charge on any atom is -0.454 e. The second-order valence-electron chi connectivity index (χ2n) is 5.17. The van der Waals surface area contributed by atoms with Crippen LogP contribution >= 0.6 is 0 Å². The van der Waals surface area contributed by atoms with Crippen molar-refractivity contribution in [3.8, 4) is 11.5 Å². The summed E-state index contributed by atoms with van der Waals surface area (Å²) >= 11 is 0. The van der Waals surface area contributed by atoms with Crippen LogP contribution in [0.25, 0.3) is 22.4 Å². The number of aryl methyl sites for hydroxylation is 2. The monoisotopic (exact) mass is 281 g/mol. The summed E-state index contributed by atoms with van der Waals surface area (Å²) in [6.45, 7) is 6.94. The van der Waals surface area contributed by atoms with Crippen LogP contribution in [0.4, 0.5) is 5.82 Å². The van der Waals surface area contributed by atoms with Crippen LogP contribution in [-0.2, 0) is 0 Å². The molecular weight excluding hydrogens is 262 g/mol. The van der Waals surface area contributed by atoms with Crippen LogP contribution in [0.15, 0.2) is 34.7 Å². The highest BCUT2D eigenvalue weighted by Crippen LogP contribution is 2.31. The second-order valence-corrected chi connectivity index (χ2v) is 5.17. The summed E-state index contributed by atoms with van der Waals surface area (Å²) in [5, 5.41) is 4.42. The molecule has 3 aromatic rings. The number of furan rings is 1. The lowest BCUT2D eigenvalue weighted by molar-refractivity contribution is 0.628. The Morgan fingerprint density at radius 1 is 1.10 bits per heavy atom. The molecule has 0 fully saturated rings. The lowest BCUT2D eigenvalue weighted by atomic mass is 10.2. The van der Waals surface area contributed by atoms with E-state index < -0.39 is 0 Å². The van der Waals surface area contributed by atoms with Gasteiger partial charge in [0.05, 0.1) is 11.4 Å². The van der Waals surface area contributed by atoms with Gasteiger partial charge < -0.3 is 9.73 Å². The molecule has 4 heteroatoms. The quantitative estimate of drug-likeness (QED) is 0.773. The van der Waals surface area contributed by atoms with Crippen LogP contribution in [0, 0.1) is 13.8 Å². The molecule has 21 heavy (non-hydrogen) atoms. The zero-order chi connectivity index (χ0) is 14.8. The molecule has 2 aromatic heterocycles. The van der Waals surface area contributed by atoms with Crippen LogP contribution in [-0.4, -0.2) is 16.5 Å². The van der Waals surface area contributed by atoms with Gasteiger partial charge in [0.25, 0.3) is 0 Å². The molecular formula is C17H19N3O. The van der Waals surface area contributed by atoms with Crippen LogP contribution in [0.3, 0.4) is 0 Å². The number of aromatic nitrogens is 2. The summed E-state index contributed by atoms with van der Waals surface area (Å²) in [7, 11) is 0. The topological polar surface area (TPSA) is 51.0 Å². The fourth-order valence-corrected chi connectivity index (χ4v) is 2.24. The van der Waals surface area contributed by atoms with Crippen LogP contribution < -0.4 is 5.32 Å². The third kappa shape index (κ3) is 2.61. The number of rotatable bonds is 4. The predicted molar refractivity (Wildman–Crippen MR) is 85.5 cm³/mol. The molecule has 0 aliphatic rings. The number of nitrogens with one attached hydrogen (secondary N) is 1. The van der Waals surface area contributed by atoms with Gasteiger partial charge in [-0.2, -0.15) is 0 Å². The number of hydrogen-bond donors (Lipinski definition) is 1. The number of para-hydroxylation sites is 1. The molecule has 0 radical (unpaired) electrons. The average Bonchev–Trinajstić information content (AvgIpc) is 2.91. The molecule has 1 aromatic carbocycles. The molecule has 3 rings (SSSR count). The Bertz CT molecular complexity index is 744. The minimum atomic E-state index is 0.755. The molecule has 108 valence electrons. The van der Waals surface area contributed by atoms with E-state index in [1.807, 2.05) is 44.2 Å². The van der Waals surface area contributed by atoms with Gasteiger partial charge in [0, 0.05) is 11.9 Å². The molecule has 0 amide bonds. The van der Waals surface area contributed by atoms with Crippen molar-refractivity contribution in [3.63, 3.8) is 0 Å². The first-order valence-corrected chi connectivity index (χ1v) is 7.27. The fraction of sp³-hybridized carbons (Fsp3) is 0.294. The molecule has 0 unspecified atom stereocenters. The summed E-state index contributed by atoms with van der Waals surface area (Å²) < 4.78 is 5.93. The number of anilines is 1. The Balaban J connectivity index is 2.12. The highest BCUT2D eigenvalue weighted by molar-refractivity contribution is 5.84. The van der Waals surface area contributed by atoms with Gasteiger partial charge in [0.2, 0.25) is 0 Å². The van der Waals surface area contributed by atoms with Gasteiger partial charge in [-0.25, -0.2) is 9.97 Å². The fourth-order valence-electron chi connectivity index (χ4n) is 2.24. The number of nitrogens with zero attached hydrogens (tertiary/aromatic N) is 2. The summed E-state index contributed by atoms with van der Waals surface area (Å²) in [6.07, 6.45) is 1.04. The van der Waals surface area contributed by atoms with Gasteiger partial charge in [-0.05, 0) is 32.4 Å². The van der Waals surface area contributed by atoms with E-state index in [1.165, 1.54) is 0 Å². The summed E-state index contributed by atoms with van der Waals surface area (Å²) in [5.41, 5.74) is 3.51. The van der Waals surface area contributed by atoms with Gasteiger partial charge in [0.15, 0.2) is 11.6 Å². The zero-order valence-electron chi connectivity index (χ0n) is 12.6. The zero-order valence-corrected chi connectivity index (χ0v) is 12.6. The second kappa shape index (κ2) is 5.56. The largest absolute Gasteiger partial charge is 0.454 e. The molecule has 2 heterocycles. The van der Waals surface area contributed by atoms with E-state index in [2.05, 4.69) is 22.2 Å². The van der Waals surface area contributed by atoms with Crippen LogP contribution in [0.5, 0.6) is 0 Å². The van der Waals surface area contributed by atoms with E-state index in [4.69, 9.17) is 4.42 Å². The van der Waals surface area contributed by atoms with Crippen molar-refractivity contribution in [2.24, 2.45) is 0 Å². The van der Waals surface area contributed by atoms with Crippen molar-refractivity contribution in [1.29, 1.82) is 0 Å². The molecule has 0 saturated carbocycles. The maximum absolute atomic E-state index is 5.93. The predicted octanol–water partition coefficient (Wildman–Crippen LogP) is 4.33. The maximum atomic E-state index is 5.93. The number of benzene rings is 1. The molecule has 0 spiro atoms. The van der Waals surface area contributed by atoms with Gasteiger partial charge in [0.1, 0.15) is 11.3 Å². The lowest BCUT2D eigenvalue weighted by Crippen LogP contribution is -2.07. The summed E-state index contributed by atoms with van der Waals surface area (Å²) in [5.74, 6) is 1.55. The Hall–Kier alpha value is -2.36. The molecule has 1 N–H and O–H groups in total. The first-order chi connectivity index (χ1) is 10.2. The number of hydrogen-bond acceptors (Lipinski definition) is 4. The minimum absolute atomic E-state index is 0.755. The van der Waals surface area contributed by atoms with E-state index in [1.54, 1.807) is 0 Å².